The topological polar surface area (TPSA) is 54.3 Å². The summed E-state index contributed by atoms with van der Waals surface area (Å²) in [4.78, 5) is 22.6. The Morgan fingerprint density at radius 3 is 2.69 bits per heavy atom. The van der Waals surface area contributed by atoms with E-state index in [0.717, 1.165) is 60.2 Å². The molecule has 2 aromatic heterocycles. The lowest BCUT2D eigenvalue weighted by molar-refractivity contribution is 0.0749. The number of piperidine rings is 1. The summed E-state index contributed by atoms with van der Waals surface area (Å²) in [6.07, 6.45) is 6.02. The number of carbonyl (C=O) groups excluding carboxylic acids is 1. The van der Waals surface area contributed by atoms with Gasteiger partial charge < -0.3 is 9.80 Å². The van der Waals surface area contributed by atoms with E-state index in [-0.39, 0.29) is 5.91 Å². The molecule has 1 amide bonds. The minimum Gasteiger partial charge on any atom is -0.341 e. The normalized spacial score (nSPS) is 15.7. The van der Waals surface area contributed by atoms with Crippen LogP contribution >= 0.6 is 0 Å². The Kier molecular flexibility index (Phi) is 5.37. The number of hydrogen-bond donors (Lipinski definition) is 0. The van der Waals surface area contributed by atoms with Crippen LogP contribution in [-0.4, -0.2) is 64.2 Å². The third kappa shape index (κ3) is 4.03. The number of aryl methyl sites for hydroxylation is 2. The largest absolute Gasteiger partial charge is 0.341 e. The van der Waals surface area contributed by atoms with Crippen molar-refractivity contribution in [2.24, 2.45) is 13.0 Å². The quantitative estimate of drug-likeness (QED) is 0.684. The highest BCUT2D eigenvalue weighted by Gasteiger charge is 2.23. The van der Waals surface area contributed by atoms with Gasteiger partial charge in [-0.05, 0) is 57.5 Å². The van der Waals surface area contributed by atoms with Crippen LogP contribution in [0.5, 0.6) is 0 Å². The van der Waals surface area contributed by atoms with Gasteiger partial charge in [0.15, 0.2) is 0 Å². The third-order valence-electron chi connectivity index (χ3n) is 5.99. The summed E-state index contributed by atoms with van der Waals surface area (Å²) in [5, 5.41) is 5.18. The van der Waals surface area contributed by atoms with Gasteiger partial charge in [0.1, 0.15) is 0 Å². The highest BCUT2D eigenvalue weighted by Crippen LogP contribution is 2.28. The first-order chi connectivity index (χ1) is 13.9. The number of likely N-dealkylation sites (tertiary alicyclic amines) is 1. The predicted octanol–water partition coefficient (Wildman–Crippen LogP) is 3.36. The monoisotopic (exact) mass is 391 g/mol. The lowest BCUT2D eigenvalue weighted by Gasteiger charge is -2.31. The molecule has 29 heavy (non-hydrogen) atoms. The van der Waals surface area contributed by atoms with E-state index in [2.05, 4.69) is 17.0 Å². The molecule has 4 rings (SSSR count). The number of pyridine rings is 1. The maximum Gasteiger partial charge on any atom is 0.254 e. The molecule has 0 radical (unpaired) electrons. The fourth-order valence-electron chi connectivity index (χ4n) is 4.19. The first-order valence-corrected chi connectivity index (χ1v) is 10.3. The Balaban J connectivity index is 1.69. The number of nitrogens with zero attached hydrogens (tertiary/aromatic N) is 5. The number of carbonyl (C=O) groups is 1. The van der Waals surface area contributed by atoms with Gasteiger partial charge in [-0.1, -0.05) is 18.2 Å². The average Bonchev–Trinajstić information content (AvgIpc) is 3.15. The van der Waals surface area contributed by atoms with Crippen LogP contribution < -0.4 is 0 Å². The Bertz CT molecular complexity index is 1030. The number of aromatic nitrogens is 3. The Morgan fingerprint density at radius 2 is 2.00 bits per heavy atom. The maximum absolute atomic E-state index is 13.5. The van der Waals surface area contributed by atoms with Gasteiger partial charge >= 0.3 is 0 Å². The van der Waals surface area contributed by atoms with E-state index in [0.29, 0.717) is 11.5 Å². The second kappa shape index (κ2) is 7.95. The minimum atomic E-state index is 0.0621. The molecule has 0 atom stereocenters. The Morgan fingerprint density at radius 1 is 1.24 bits per heavy atom. The van der Waals surface area contributed by atoms with E-state index in [4.69, 9.17) is 4.98 Å². The number of fused-ring (bicyclic) bond motifs is 1. The number of amides is 1. The molecule has 0 spiro atoms. The molecule has 3 aromatic rings. The number of para-hydroxylation sites is 1. The molecule has 0 unspecified atom stereocenters. The molecule has 152 valence electrons. The molecule has 6 heteroatoms. The molecular weight excluding hydrogens is 362 g/mol. The lowest BCUT2D eigenvalue weighted by atomic mass is 9.96. The molecule has 0 N–H and O–H groups in total. The van der Waals surface area contributed by atoms with Crippen molar-refractivity contribution < 1.29 is 4.79 Å². The van der Waals surface area contributed by atoms with E-state index < -0.39 is 0 Å². The summed E-state index contributed by atoms with van der Waals surface area (Å²) in [6, 6.07) is 7.96. The summed E-state index contributed by atoms with van der Waals surface area (Å²) >= 11 is 0. The molecule has 0 bridgehead atoms. The Labute approximate surface area is 172 Å². The molecule has 0 aliphatic carbocycles. The summed E-state index contributed by atoms with van der Waals surface area (Å²) in [7, 11) is 5.97. The second-order valence-corrected chi connectivity index (χ2v) is 8.36. The minimum absolute atomic E-state index is 0.0621. The van der Waals surface area contributed by atoms with E-state index in [1.807, 2.05) is 56.4 Å². The molecule has 0 saturated carbocycles. The number of rotatable bonds is 4. The van der Waals surface area contributed by atoms with Crippen molar-refractivity contribution in [3.63, 3.8) is 0 Å². The van der Waals surface area contributed by atoms with Crippen molar-refractivity contribution in [3.8, 4) is 11.3 Å². The van der Waals surface area contributed by atoms with Gasteiger partial charge in [-0.2, -0.15) is 5.10 Å². The van der Waals surface area contributed by atoms with Crippen molar-refractivity contribution in [3.05, 3.63) is 47.8 Å². The standard InChI is InChI=1S/C23H29N5O/c1-16-6-5-7-19-20(12-21(25-22(16)19)18-13-24-28(4)15-18)23(29)27(3)14-17-8-10-26(2)11-9-17/h5-7,12-13,15,17H,8-11,14H2,1-4H3. The van der Waals surface area contributed by atoms with Gasteiger partial charge in [0.2, 0.25) is 0 Å². The van der Waals surface area contributed by atoms with Crippen molar-refractivity contribution in [1.82, 2.24) is 24.6 Å². The molecule has 1 fully saturated rings. The van der Waals surface area contributed by atoms with Crippen molar-refractivity contribution in [2.45, 2.75) is 19.8 Å². The van der Waals surface area contributed by atoms with Crippen molar-refractivity contribution in [2.75, 3.05) is 33.7 Å². The van der Waals surface area contributed by atoms with Gasteiger partial charge in [-0.15, -0.1) is 0 Å². The van der Waals surface area contributed by atoms with E-state index >= 15 is 0 Å². The molecule has 3 heterocycles. The zero-order valence-corrected chi connectivity index (χ0v) is 17.7. The predicted molar refractivity (Wildman–Crippen MR) is 116 cm³/mol. The van der Waals surface area contributed by atoms with Crippen LogP contribution in [0, 0.1) is 12.8 Å². The van der Waals surface area contributed by atoms with Crippen LogP contribution in [-0.2, 0) is 7.05 Å². The van der Waals surface area contributed by atoms with Crippen LogP contribution in [0.1, 0.15) is 28.8 Å². The maximum atomic E-state index is 13.5. The highest BCUT2D eigenvalue weighted by molar-refractivity contribution is 6.07. The fourth-order valence-corrected chi connectivity index (χ4v) is 4.19. The van der Waals surface area contributed by atoms with Gasteiger partial charge in [0.25, 0.3) is 5.91 Å². The van der Waals surface area contributed by atoms with Gasteiger partial charge in [-0.3, -0.25) is 9.48 Å². The second-order valence-electron chi connectivity index (χ2n) is 8.36. The zero-order valence-electron chi connectivity index (χ0n) is 17.7. The van der Waals surface area contributed by atoms with Gasteiger partial charge in [0, 0.05) is 37.8 Å². The third-order valence-corrected chi connectivity index (χ3v) is 5.99. The molecule has 6 nitrogen and oxygen atoms in total. The molecule has 1 aromatic carbocycles. The first kappa shape index (κ1) is 19.6. The lowest BCUT2D eigenvalue weighted by Crippen LogP contribution is -2.38. The van der Waals surface area contributed by atoms with Crippen LogP contribution in [0.25, 0.3) is 22.2 Å². The molecule has 1 aliphatic heterocycles. The summed E-state index contributed by atoms with van der Waals surface area (Å²) in [6.45, 7) is 5.05. The smallest absolute Gasteiger partial charge is 0.254 e. The van der Waals surface area contributed by atoms with Crippen LogP contribution in [0.3, 0.4) is 0 Å². The number of benzene rings is 1. The van der Waals surface area contributed by atoms with Crippen LogP contribution in [0.4, 0.5) is 0 Å². The van der Waals surface area contributed by atoms with Crippen molar-refractivity contribution in [1.29, 1.82) is 0 Å². The first-order valence-electron chi connectivity index (χ1n) is 10.3. The van der Waals surface area contributed by atoms with E-state index in [1.165, 1.54) is 0 Å². The van der Waals surface area contributed by atoms with Crippen LogP contribution in [0.2, 0.25) is 0 Å². The molecule has 1 saturated heterocycles. The van der Waals surface area contributed by atoms with Gasteiger partial charge in [0.05, 0.1) is 23.0 Å². The van der Waals surface area contributed by atoms with Gasteiger partial charge in [-0.25, -0.2) is 4.98 Å². The summed E-state index contributed by atoms with van der Waals surface area (Å²) < 4.78 is 1.76. The van der Waals surface area contributed by atoms with Crippen molar-refractivity contribution >= 4 is 16.8 Å². The zero-order chi connectivity index (χ0) is 20.5. The van der Waals surface area contributed by atoms with E-state index in [9.17, 15) is 4.79 Å². The summed E-state index contributed by atoms with van der Waals surface area (Å²) in [5.74, 6) is 0.625. The highest BCUT2D eigenvalue weighted by atomic mass is 16.2. The average molecular weight is 392 g/mol. The molecular formula is C23H29N5O. The molecule has 1 aliphatic rings. The fraction of sp³-hybridized carbons (Fsp3) is 0.435. The SMILES string of the molecule is Cc1cccc2c(C(=O)N(C)CC3CCN(C)CC3)cc(-c3cnn(C)c3)nc12. The van der Waals surface area contributed by atoms with Crippen LogP contribution in [0.15, 0.2) is 36.7 Å². The summed E-state index contributed by atoms with van der Waals surface area (Å²) in [5.41, 5.74) is 4.37. The van der Waals surface area contributed by atoms with E-state index in [1.54, 1.807) is 10.9 Å². The Hall–Kier alpha value is -2.73. The number of hydrogen-bond acceptors (Lipinski definition) is 4.